The van der Waals surface area contributed by atoms with Crippen LogP contribution in [0.25, 0.3) is 15.8 Å². The number of aliphatic imine (C=N–C) groups is 1. The average Bonchev–Trinajstić information content (AvgIpc) is 3.74. The molecule has 0 saturated heterocycles. The van der Waals surface area contributed by atoms with Gasteiger partial charge in [0.1, 0.15) is 22.6 Å². The lowest BCUT2D eigenvalue weighted by atomic mass is 9.99. The molecule has 0 radical (unpaired) electrons. The first-order valence-electron chi connectivity index (χ1n) is 20.5. The van der Waals surface area contributed by atoms with Gasteiger partial charge < -0.3 is 20.7 Å². The van der Waals surface area contributed by atoms with Gasteiger partial charge in [-0.2, -0.15) is 0 Å². The summed E-state index contributed by atoms with van der Waals surface area (Å²) in [7, 11) is 0. The molecule has 13 heteroatoms. The van der Waals surface area contributed by atoms with Crippen molar-refractivity contribution in [3.63, 3.8) is 0 Å². The molecule has 3 heterocycles. The highest BCUT2D eigenvalue weighted by molar-refractivity contribution is 7.15. The van der Waals surface area contributed by atoms with Gasteiger partial charge in [-0.15, -0.1) is 21.5 Å². The Balaban J connectivity index is 0.774. The molecule has 1 aliphatic rings. The molecule has 1 atom stereocenters. The van der Waals surface area contributed by atoms with E-state index in [-0.39, 0.29) is 30.7 Å². The Hall–Kier alpha value is -5.85. The van der Waals surface area contributed by atoms with E-state index in [1.165, 1.54) is 15.6 Å². The Morgan fingerprint density at radius 2 is 1.47 bits per heavy atom. The molecule has 6 aromatic rings. The van der Waals surface area contributed by atoms with Gasteiger partial charge in [0.15, 0.2) is 12.4 Å². The number of aryl methyl sites for hydroxylation is 3. The van der Waals surface area contributed by atoms with E-state index in [1.54, 1.807) is 23.5 Å². The minimum absolute atomic E-state index is 0.00121. The first-order chi connectivity index (χ1) is 29.1. The molecule has 0 spiro atoms. The zero-order chi connectivity index (χ0) is 42.0. The summed E-state index contributed by atoms with van der Waals surface area (Å²) in [4.78, 5) is 44.5. The summed E-state index contributed by atoms with van der Waals surface area (Å²) in [6, 6.07) is 29.0. The molecule has 0 unspecified atom stereocenters. The number of aromatic nitrogens is 3. The predicted octanol–water partition coefficient (Wildman–Crippen LogP) is 8.46. The van der Waals surface area contributed by atoms with Crippen LogP contribution >= 0.6 is 22.9 Å². The third kappa shape index (κ3) is 10.7. The van der Waals surface area contributed by atoms with E-state index in [9.17, 15) is 14.4 Å². The number of amides is 3. The average molecular weight is 844 g/mol. The molecule has 7 rings (SSSR count). The fourth-order valence-corrected chi connectivity index (χ4v) is 8.62. The monoisotopic (exact) mass is 843 g/mol. The Morgan fingerprint density at radius 3 is 2.22 bits per heavy atom. The summed E-state index contributed by atoms with van der Waals surface area (Å²) in [5.74, 6) is 1.71. The maximum absolute atomic E-state index is 13.3. The zero-order valence-electron chi connectivity index (χ0n) is 34.2. The van der Waals surface area contributed by atoms with Gasteiger partial charge in [0.2, 0.25) is 11.8 Å². The summed E-state index contributed by atoms with van der Waals surface area (Å²) < 4.78 is 7.72. The van der Waals surface area contributed by atoms with E-state index < -0.39 is 6.04 Å². The smallest absolute Gasteiger partial charge is 0.257 e. The van der Waals surface area contributed by atoms with Gasteiger partial charge >= 0.3 is 0 Å². The summed E-state index contributed by atoms with van der Waals surface area (Å²) in [5.41, 5.74) is 6.02. The highest BCUT2D eigenvalue weighted by Gasteiger charge is 2.32. The number of ether oxygens (including phenoxy) is 1. The van der Waals surface area contributed by atoms with Gasteiger partial charge in [0.25, 0.3) is 5.91 Å². The van der Waals surface area contributed by atoms with Crippen molar-refractivity contribution in [1.29, 1.82) is 0 Å². The van der Waals surface area contributed by atoms with E-state index in [1.807, 2.05) is 60.0 Å². The van der Waals surface area contributed by atoms with Crippen molar-refractivity contribution in [2.24, 2.45) is 4.99 Å². The molecule has 0 fully saturated rings. The molecule has 0 saturated carbocycles. The minimum atomic E-state index is -0.514. The van der Waals surface area contributed by atoms with Gasteiger partial charge in [-0.25, -0.2) is 0 Å². The number of carbonyl (C=O) groups excluding carboxylic acids is 3. The molecule has 11 nitrogen and oxygen atoms in total. The molecule has 2 aromatic heterocycles. The SMILES string of the molecule is Cc1sc2c(c1C)C(c1ccc(Cl)cc1)=N[C@@H](CC(=O)NCCCCCCNC(=O)COc1ccc(CNC(=O)CCc3ccc4ccccc4c3)cc1)c1nnc(C)n1-2. The Morgan fingerprint density at radius 1 is 0.767 bits per heavy atom. The van der Waals surface area contributed by atoms with E-state index in [4.69, 9.17) is 21.3 Å². The van der Waals surface area contributed by atoms with Crippen LogP contribution in [0.2, 0.25) is 5.02 Å². The number of fused-ring (bicyclic) bond motifs is 4. The molecule has 3 N–H and O–H groups in total. The summed E-state index contributed by atoms with van der Waals surface area (Å²) in [5, 5.41) is 21.9. The van der Waals surface area contributed by atoms with Crippen LogP contribution in [0, 0.1) is 20.8 Å². The predicted molar refractivity (Wildman–Crippen MR) is 238 cm³/mol. The van der Waals surface area contributed by atoms with Crippen molar-refractivity contribution < 1.29 is 19.1 Å². The number of thiophene rings is 1. The number of nitrogens with one attached hydrogen (secondary N) is 3. The van der Waals surface area contributed by atoms with Gasteiger partial charge in [-0.05, 0) is 91.8 Å². The Labute approximate surface area is 359 Å². The second-order valence-electron chi connectivity index (χ2n) is 15.1. The number of nitrogens with zero attached hydrogens (tertiary/aromatic N) is 4. The maximum atomic E-state index is 13.3. The van der Waals surface area contributed by atoms with E-state index >= 15 is 0 Å². The number of unbranched alkanes of at least 4 members (excludes halogenated alkanes) is 3. The molecule has 310 valence electrons. The number of carbonyl (C=O) groups is 3. The summed E-state index contributed by atoms with van der Waals surface area (Å²) >= 11 is 7.91. The van der Waals surface area contributed by atoms with Crippen LogP contribution in [0.15, 0.2) is 96.0 Å². The van der Waals surface area contributed by atoms with Crippen LogP contribution in [0.5, 0.6) is 5.75 Å². The van der Waals surface area contributed by atoms with Gasteiger partial charge in [0, 0.05) is 47.1 Å². The lowest BCUT2D eigenvalue weighted by Gasteiger charge is -2.13. The molecular weight excluding hydrogens is 794 g/mol. The highest BCUT2D eigenvalue weighted by Crippen LogP contribution is 2.39. The summed E-state index contributed by atoms with van der Waals surface area (Å²) in [6.45, 7) is 7.58. The lowest BCUT2D eigenvalue weighted by Crippen LogP contribution is -2.29. The van der Waals surface area contributed by atoms with Crippen molar-refractivity contribution >= 4 is 57.1 Å². The standard InChI is InChI=1S/C47H50ClN7O4S/c1-30-31(2)60-47-44(30)45(36-17-19-38(48)20-18-36)52-40(46-54-53-32(3)55(46)47)27-42(57)49-24-8-4-5-9-25-50-43(58)29-59-39-21-13-34(14-22-39)28-51-41(56)23-15-33-12-16-35-10-6-7-11-37(35)26-33/h6-7,10-14,16-22,26,40H,4-5,8-9,15,23-25,27-29H2,1-3H3,(H,49,57)(H,50,58)(H,51,56)/t40-/m0/s1. The zero-order valence-corrected chi connectivity index (χ0v) is 35.8. The lowest BCUT2D eigenvalue weighted by molar-refractivity contribution is -0.123. The molecule has 3 amide bonds. The number of benzene rings is 4. The van der Waals surface area contributed by atoms with Crippen LogP contribution in [-0.2, 0) is 27.3 Å². The molecular formula is C47H50ClN7O4S. The molecule has 4 aromatic carbocycles. The Bertz CT molecular complexity index is 2490. The number of hydrogen-bond acceptors (Lipinski definition) is 8. The largest absolute Gasteiger partial charge is 0.484 e. The van der Waals surface area contributed by atoms with Crippen molar-refractivity contribution in [2.75, 3.05) is 19.7 Å². The number of hydrogen-bond donors (Lipinski definition) is 3. The molecule has 60 heavy (non-hydrogen) atoms. The van der Waals surface area contributed by atoms with Gasteiger partial charge in [-0.1, -0.05) is 91.2 Å². The summed E-state index contributed by atoms with van der Waals surface area (Å²) in [6.07, 6.45) is 4.72. The van der Waals surface area contributed by atoms with E-state index in [0.717, 1.165) is 70.0 Å². The van der Waals surface area contributed by atoms with Crippen LogP contribution in [0.4, 0.5) is 0 Å². The van der Waals surface area contributed by atoms with Crippen molar-refractivity contribution in [3.8, 4) is 10.8 Å². The second-order valence-corrected chi connectivity index (χ2v) is 16.8. The maximum Gasteiger partial charge on any atom is 0.257 e. The highest BCUT2D eigenvalue weighted by atomic mass is 35.5. The van der Waals surface area contributed by atoms with Crippen LogP contribution in [-0.4, -0.2) is 57.9 Å². The van der Waals surface area contributed by atoms with Crippen LogP contribution in [0.1, 0.15) is 88.9 Å². The number of rotatable bonds is 18. The van der Waals surface area contributed by atoms with E-state index in [0.29, 0.717) is 49.1 Å². The van der Waals surface area contributed by atoms with Crippen LogP contribution in [0.3, 0.4) is 0 Å². The van der Waals surface area contributed by atoms with Crippen molar-refractivity contribution in [3.05, 3.63) is 140 Å². The normalized spacial score (nSPS) is 13.2. The van der Waals surface area contributed by atoms with Crippen LogP contribution < -0.4 is 20.7 Å². The molecule has 1 aliphatic heterocycles. The molecule has 0 bridgehead atoms. The minimum Gasteiger partial charge on any atom is -0.484 e. The van der Waals surface area contributed by atoms with Crippen molar-refractivity contribution in [2.45, 2.75) is 78.3 Å². The van der Waals surface area contributed by atoms with Crippen molar-refractivity contribution in [1.82, 2.24) is 30.7 Å². The first kappa shape index (κ1) is 42.3. The number of halogens is 1. The third-order valence-corrected chi connectivity index (χ3v) is 12.2. The topological polar surface area (TPSA) is 140 Å². The Kier molecular flexibility index (Phi) is 14.0. The quantitative estimate of drug-likeness (QED) is 0.0743. The van der Waals surface area contributed by atoms with Gasteiger partial charge in [-0.3, -0.25) is 23.9 Å². The second kappa shape index (κ2) is 19.9. The fourth-order valence-electron chi connectivity index (χ4n) is 7.28. The van der Waals surface area contributed by atoms with E-state index in [2.05, 4.69) is 70.3 Å². The molecule has 0 aliphatic carbocycles. The van der Waals surface area contributed by atoms with Gasteiger partial charge in [0.05, 0.1) is 12.1 Å². The fraction of sp³-hybridized carbons (Fsp3) is 0.319. The first-order valence-corrected chi connectivity index (χ1v) is 21.7. The third-order valence-electron chi connectivity index (χ3n) is 10.7.